The van der Waals surface area contributed by atoms with Crippen molar-refractivity contribution in [3.05, 3.63) is 83.8 Å². The van der Waals surface area contributed by atoms with Gasteiger partial charge in [-0.25, -0.2) is 4.79 Å². The van der Waals surface area contributed by atoms with Gasteiger partial charge in [0.2, 0.25) is 5.76 Å². The van der Waals surface area contributed by atoms with Gasteiger partial charge in [0.25, 0.3) is 0 Å². The van der Waals surface area contributed by atoms with Gasteiger partial charge in [0.1, 0.15) is 5.76 Å². The van der Waals surface area contributed by atoms with E-state index in [4.69, 9.17) is 9.52 Å². The molecule has 0 saturated heterocycles. The first kappa shape index (κ1) is 15.3. The average Bonchev–Trinajstić information content (AvgIpc) is 3.21. The summed E-state index contributed by atoms with van der Waals surface area (Å²) in [5.74, 6) is -0.473. The third-order valence-corrected chi connectivity index (χ3v) is 4.31. The molecule has 2 aromatic heterocycles. The van der Waals surface area contributed by atoms with Crippen molar-refractivity contribution in [2.24, 2.45) is 0 Å². The first-order chi connectivity index (χ1) is 12.1. The number of furan rings is 1. The predicted octanol–water partition coefficient (Wildman–Crippen LogP) is 4.96. The zero-order valence-electron chi connectivity index (χ0n) is 13.8. The summed E-state index contributed by atoms with van der Waals surface area (Å²) in [4.78, 5) is 11.1. The second-order valence-electron chi connectivity index (χ2n) is 6.12. The molecule has 0 amide bonds. The topological polar surface area (TPSA) is 55.4 Å². The maximum Gasteiger partial charge on any atom is 0.371 e. The van der Waals surface area contributed by atoms with E-state index in [2.05, 4.69) is 47.9 Å². The van der Waals surface area contributed by atoms with Gasteiger partial charge in [-0.15, -0.1) is 0 Å². The van der Waals surface area contributed by atoms with Crippen LogP contribution in [0.1, 0.15) is 21.9 Å². The fourth-order valence-corrected chi connectivity index (χ4v) is 3.14. The molecule has 124 valence electrons. The minimum atomic E-state index is -1.05. The van der Waals surface area contributed by atoms with E-state index in [1.807, 2.05) is 18.2 Å². The normalized spacial score (nSPS) is 11.1. The zero-order valence-corrected chi connectivity index (χ0v) is 13.8. The van der Waals surface area contributed by atoms with Gasteiger partial charge in [0, 0.05) is 16.6 Å². The summed E-state index contributed by atoms with van der Waals surface area (Å²) in [7, 11) is 0. The second kappa shape index (κ2) is 5.98. The minimum Gasteiger partial charge on any atom is -0.475 e. The van der Waals surface area contributed by atoms with Gasteiger partial charge in [-0.3, -0.25) is 0 Å². The second-order valence-corrected chi connectivity index (χ2v) is 6.12. The van der Waals surface area contributed by atoms with E-state index in [1.54, 1.807) is 6.07 Å². The van der Waals surface area contributed by atoms with Gasteiger partial charge in [-0.1, -0.05) is 42.0 Å². The van der Waals surface area contributed by atoms with Crippen molar-refractivity contribution in [3.8, 4) is 11.3 Å². The van der Waals surface area contributed by atoms with E-state index in [0.717, 1.165) is 22.2 Å². The summed E-state index contributed by atoms with van der Waals surface area (Å²) in [6, 6.07) is 21.9. The number of aromatic carboxylic acids is 1. The molecule has 2 heterocycles. The molecule has 2 aromatic carbocycles. The van der Waals surface area contributed by atoms with Gasteiger partial charge in [-0.2, -0.15) is 0 Å². The van der Waals surface area contributed by atoms with Crippen molar-refractivity contribution in [3.63, 3.8) is 0 Å². The van der Waals surface area contributed by atoms with Crippen molar-refractivity contribution < 1.29 is 14.3 Å². The van der Waals surface area contributed by atoms with Gasteiger partial charge in [-0.05, 0) is 42.8 Å². The molecule has 25 heavy (non-hydrogen) atoms. The Bertz CT molecular complexity index is 1060. The molecule has 0 aliphatic rings. The van der Waals surface area contributed by atoms with Crippen LogP contribution in [0.4, 0.5) is 0 Å². The van der Waals surface area contributed by atoms with Crippen LogP contribution in [0.3, 0.4) is 0 Å². The summed E-state index contributed by atoms with van der Waals surface area (Å²) in [5.41, 5.74) is 4.49. The molecule has 0 saturated carbocycles. The van der Waals surface area contributed by atoms with Crippen LogP contribution in [0, 0.1) is 6.92 Å². The number of aryl methyl sites for hydroxylation is 1. The lowest BCUT2D eigenvalue weighted by Gasteiger charge is -2.10. The molecule has 0 unspecified atom stereocenters. The standard InChI is InChI=1S/C21H17NO3/c1-14-7-9-18-16(11-14)12-19(15-5-3-2-4-6-15)22(18)13-17-8-10-20(25-17)21(23)24/h2-12H,13H2,1H3,(H,23,24). The summed E-state index contributed by atoms with van der Waals surface area (Å²) in [6.45, 7) is 2.55. The number of hydrogen-bond donors (Lipinski definition) is 1. The van der Waals surface area contributed by atoms with Crippen LogP contribution in [0.25, 0.3) is 22.2 Å². The summed E-state index contributed by atoms with van der Waals surface area (Å²) >= 11 is 0. The van der Waals surface area contributed by atoms with Crippen LogP contribution in [0.2, 0.25) is 0 Å². The first-order valence-electron chi connectivity index (χ1n) is 8.09. The maximum absolute atomic E-state index is 11.1. The lowest BCUT2D eigenvalue weighted by atomic mass is 10.1. The Hall–Kier alpha value is -3.27. The fourth-order valence-electron chi connectivity index (χ4n) is 3.14. The molecule has 1 N–H and O–H groups in total. The number of rotatable bonds is 4. The third-order valence-electron chi connectivity index (χ3n) is 4.31. The molecule has 4 rings (SSSR count). The molecule has 4 nitrogen and oxygen atoms in total. The van der Waals surface area contributed by atoms with Crippen LogP contribution in [0.15, 0.2) is 71.1 Å². The third kappa shape index (κ3) is 2.83. The molecule has 0 atom stereocenters. The van der Waals surface area contributed by atoms with E-state index in [9.17, 15) is 4.79 Å². The number of benzene rings is 2. The molecule has 0 aliphatic carbocycles. The molecule has 0 aliphatic heterocycles. The smallest absolute Gasteiger partial charge is 0.371 e. The van der Waals surface area contributed by atoms with Gasteiger partial charge in [0.15, 0.2) is 0 Å². The molecular formula is C21H17NO3. The van der Waals surface area contributed by atoms with E-state index < -0.39 is 5.97 Å². The van der Waals surface area contributed by atoms with Gasteiger partial charge >= 0.3 is 5.97 Å². The number of carboxylic acids is 1. The number of nitrogens with zero attached hydrogens (tertiary/aromatic N) is 1. The summed E-state index contributed by atoms with van der Waals surface area (Å²) in [6.07, 6.45) is 0. The van der Waals surface area contributed by atoms with Crippen molar-refractivity contribution >= 4 is 16.9 Å². The lowest BCUT2D eigenvalue weighted by Crippen LogP contribution is -2.01. The number of carboxylic acid groups (broad SMARTS) is 1. The van der Waals surface area contributed by atoms with E-state index in [-0.39, 0.29) is 5.76 Å². The highest BCUT2D eigenvalue weighted by atomic mass is 16.4. The Morgan fingerprint density at radius 1 is 1.04 bits per heavy atom. The van der Waals surface area contributed by atoms with Crippen LogP contribution < -0.4 is 0 Å². The van der Waals surface area contributed by atoms with E-state index in [1.165, 1.54) is 11.6 Å². The zero-order chi connectivity index (χ0) is 17.4. The monoisotopic (exact) mass is 331 g/mol. The van der Waals surface area contributed by atoms with Crippen molar-refractivity contribution in [1.82, 2.24) is 4.57 Å². The van der Waals surface area contributed by atoms with Crippen molar-refractivity contribution in [2.75, 3.05) is 0 Å². The number of hydrogen-bond acceptors (Lipinski definition) is 2. The first-order valence-corrected chi connectivity index (χ1v) is 8.09. The van der Waals surface area contributed by atoms with Gasteiger partial charge in [0.05, 0.1) is 6.54 Å². The largest absolute Gasteiger partial charge is 0.475 e. The molecule has 0 spiro atoms. The quantitative estimate of drug-likeness (QED) is 0.575. The van der Waals surface area contributed by atoms with Gasteiger partial charge < -0.3 is 14.1 Å². The Morgan fingerprint density at radius 3 is 2.56 bits per heavy atom. The van der Waals surface area contributed by atoms with Crippen LogP contribution in [0.5, 0.6) is 0 Å². The van der Waals surface area contributed by atoms with Crippen molar-refractivity contribution in [1.29, 1.82) is 0 Å². The Morgan fingerprint density at radius 2 is 1.84 bits per heavy atom. The van der Waals surface area contributed by atoms with Crippen LogP contribution in [-0.4, -0.2) is 15.6 Å². The molecular weight excluding hydrogens is 314 g/mol. The number of aromatic nitrogens is 1. The molecule has 4 aromatic rings. The van der Waals surface area contributed by atoms with Crippen LogP contribution in [-0.2, 0) is 6.54 Å². The fraction of sp³-hybridized carbons (Fsp3) is 0.0952. The minimum absolute atomic E-state index is 0.0384. The molecule has 4 heteroatoms. The number of fused-ring (bicyclic) bond motifs is 1. The Balaban J connectivity index is 1.86. The maximum atomic E-state index is 11.1. The number of carbonyl (C=O) groups is 1. The Labute approximate surface area is 144 Å². The predicted molar refractivity (Wildman–Crippen MR) is 96.9 cm³/mol. The van der Waals surface area contributed by atoms with Crippen LogP contribution >= 0.6 is 0 Å². The Kier molecular flexibility index (Phi) is 3.65. The SMILES string of the molecule is Cc1ccc2c(c1)cc(-c1ccccc1)n2Cc1ccc(C(=O)O)o1. The highest BCUT2D eigenvalue weighted by molar-refractivity contribution is 5.88. The average molecular weight is 331 g/mol. The van der Waals surface area contributed by atoms with Crippen molar-refractivity contribution in [2.45, 2.75) is 13.5 Å². The molecule has 0 bridgehead atoms. The summed E-state index contributed by atoms with van der Waals surface area (Å²) < 4.78 is 7.62. The highest BCUT2D eigenvalue weighted by Gasteiger charge is 2.14. The van der Waals surface area contributed by atoms with E-state index in [0.29, 0.717) is 12.3 Å². The lowest BCUT2D eigenvalue weighted by molar-refractivity contribution is 0.0660. The highest BCUT2D eigenvalue weighted by Crippen LogP contribution is 2.30. The molecule has 0 fully saturated rings. The summed E-state index contributed by atoms with van der Waals surface area (Å²) in [5, 5.41) is 10.2. The van der Waals surface area contributed by atoms with E-state index >= 15 is 0 Å². The molecule has 0 radical (unpaired) electrons.